The Morgan fingerprint density at radius 1 is 1.27 bits per heavy atom. The van der Waals surface area contributed by atoms with E-state index in [4.69, 9.17) is 4.74 Å². The number of carbonyl (C=O) groups is 1. The number of ether oxygens (including phenoxy) is 1. The van der Waals surface area contributed by atoms with Gasteiger partial charge in [0.1, 0.15) is 11.9 Å². The van der Waals surface area contributed by atoms with Gasteiger partial charge in [0.05, 0.1) is 13.7 Å². The monoisotopic (exact) mass is 357 g/mol. The maximum atomic E-state index is 12.9. The molecule has 0 bridgehead atoms. The van der Waals surface area contributed by atoms with Crippen molar-refractivity contribution < 1.29 is 9.53 Å². The summed E-state index contributed by atoms with van der Waals surface area (Å²) in [5.41, 5.74) is 0.652. The SMILES string of the molecule is COc1ccc(Cn2nc3n(c2=O)C(C(=O)N2CCCC2)CCC3)cn1. The van der Waals surface area contributed by atoms with Crippen molar-refractivity contribution in [1.82, 2.24) is 24.2 Å². The normalized spacial score (nSPS) is 19.4. The van der Waals surface area contributed by atoms with Crippen molar-refractivity contribution in [2.75, 3.05) is 20.2 Å². The Labute approximate surface area is 151 Å². The number of carbonyl (C=O) groups excluding carboxylic acids is 1. The lowest BCUT2D eigenvalue weighted by molar-refractivity contribution is -0.134. The van der Waals surface area contributed by atoms with Crippen LogP contribution in [0.3, 0.4) is 0 Å². The van der Waals surface area contributed by atoms with Crippen LogP contribution < -0.4 is 10.4 Å². The van der Waals surface area contributed by atoms with E-state index in [1.54, 1.807) is 23.9 Å². The predicted octanol–water partition coefficient (Wildman–Crippen LogP) is 0.996. The zero-order valence-electron chi connectivity index (χ0n) is 14.9. The first-order chi connectivity index (χ1) is 12.7. The molecule has 1 atom stereocenters. The van der Waals surface area contributed by atoms with Gasteiger partial charge in [0.2, 0.25) is 11.8 Å². The number of aryl methyl sites for hydroxylation is 1. The molecule has 8 heteroatoms. The van der Waals surface area contributed by atoms with Crippen molar-refractivity contribution in [3.8, 4) is 5.88 Å². The maximum absolute atomic E-state index is 12.9. The molecule has 2 aromatic heterocycles. The molecule has 2 aromatic rings. The summed E-state index contributed by atoms with van der Waals surface area (Å²) in [7, 11) is 1.56. The van der Waals surface area contributed by atoms with Crippen LogP contribution in [0.15, 0.2) is 23.1 Å². The lowest BCUT2D eigenvalue weighted by atomic mass is 10.0. The van der Waals surface area contributed by atoms with E-state index < -0.39 is 6.04 Å². The van der Waals surface area contributed by atoms with E-state index >= 15 is 0 Å². The van der Waals surface area contributed by atoms with Gasteiger partial charge in [-0.05, 0) is 31.2 Å². The summed E-state index contributed by atoms with van der Waals surface area (Å²) in [6.07, 6.45) is 6.08. The lowest BCUT2D eigenvalue weighted by Gasteiger charge is -2.27. The minimum atomic E-state index is -0.410. The minimum Gasteiger partial charge on any atom is -0.481 e. The lowest BCUT2D eigenvalue weighted by Crippen LogP contribution is -2.41. The number of hydrogen-bond acceptors (Lipinski definition) is 5. The predicted molar refractivity (Wildman–Crippen MR) is 94.2 cm³/mol. The van der Waals surface area contributed by atoms with Crippen LogP contribution >= 0.6 is 0 Å². The second kappa shape index (κ2) is 6.93. The van der Waals surface area contributed by atoms with E-state index in [-0.39, 0.29) is 11.6 Å². The van der Waals surface area contributed by atoms with Crippen molar-refractivity contribution >= 4 is 5.91 Å². The summed E-state index contributed by atoms with van der Waals surface area (Å²) in [4.78, 5) is 31.8. The summed E-state index contributed by atoms with van der Waals surface area (Å²) < 4.78 is 8.11. The Bertz CT molecular complexity index is 849. The van der Waals surface area contributed by atoms with Gasteiger partial charge >= 0.3 is 5.69 Å². The summed E-state index contributed by atoms with van der Waals surface area (Å²) in [6.45, 7) is 1.93. The number of methoxy groups -OCH3 is 1. The van der Waals surface area contributed by atoms with Crippen LogP contribution in [-0.4, -0.2) is 50.3 Å². The van der Waals surface area contributed by atoms with Gasteiger partial charge in [-0.25, -0.2) is 14.5 Å². The molecule has 138 valence electrons. The summed E-state index contributed by atoms with van der Waals surface area (Å²) in [5.74, 6) is 1.30. The zero-order chi connectivity index (χ0) is 18.1. The van der Waals surface area contributed by atoms with Crippen LogP contribution in [0.1, 0.15) is 43.1 Å². The van der Waals surface area contributed by atoms with Gasteiger partial charge in [-0.1, -0.05) is 6.07 Å². The standard InChI is InChI=1S/C18H23N5O3/c1-26-16-8-7-13(11-19-16)12-22-18(25)23-14(5-4-6-15(23)20-22)17(24)21-9-2-3-10-21/h7-8,11,14H,2-6,9-10,12H2,1H3. The average molecular weight is 357 g/mol. The fourth-order valence-electron chi connectivity index (χ4n) is 3.81. The van der Waals surface area contributed by atoms with Crippen molar-refractivity contribution in [1.29, 1.82) is 0 Å². The van der Waals surface area contributed by atoms with E-state index in [2.05, 4.69) is 10.1 Å². The molecule has 1 unspecified atom stereocenters. The van der Waals surface area contributed by atoms with E-state index in [0.717, 1.165) is 44.3 Å². The van der Waals surface area contributed by atoms with Crippen molar-refractivity contribution in [2.45, 2.75) is 44.7 Å². The van der Waals surface area contributed by atoms with Crippen LogP contribution in [0, 0.1) is 0 Å². The van der Waals surface area contributed by atoms with E-state index in [1.807, 2.05) is 11.0 Å². The number of aromatic nitrogens is 4. The highest BCUT2D eigenvalue weighted by Gasteiger charge is 2.34. The molecule has 2 aliphatic rings. The van der Waals surface area contributed by atoms with Crippen LogP contribution in [-0.2, 0) is 17.8 Å². The molecule has 0 saturated carbocycles. The van der Waals surface area contributed by atoms with Gasteiger partial charge in [0, 0.05) is 31.8 Å². The fraction of sp³-hybridized carbons (Fsp3) is 0.556. The van der Waals surface area contributed by atoms with E-state index in [1.165, 1.54) is 4.68 Å². The van der Waals surface area contributed by atoms with Crippen LogP contribution in [0.4, 0.5) is 0 Å². The zero-order valence-corrected chi connectivity index (χ0v) is 14.9. The largest absolute Gasteiger partial charge is 0.481 e. The van der Waals surface area contributed by atoms with E-state index in [9.17, 15) is 9.59 Å². The molecular formula is C18H23N5O3. The molecule has 0 aliphatic carbocycles. The van der Waals surface area contributed by atoms with Gasteiger partial charge < -0.3 is 9.64 Å². The summed E-state index contributed by atoms with van der Waals surface area (Å²) in [5, 5.41) is 4.48. The molecule has 1 amide bonds. The third-order valence-corrected chi connectivity index (χ3v) is 5.17. The topological polar surface area (TPSA) is 82.2 Å². The third-order valence-electron chi connectivity index (χ3n) is 5.17. The highest BCUT2D eigenvalue weighted by atomic mass is 16.5. The number of nitrogens with zero attached hydrogens (tertiary/aromatic N) is 5. The molecular weight excluding hydrogens is 334 g/mol. The maximum Gasteiger partial charge on any atom is 0.346 e. The molecule has 1 fully saturated rings. The second-order valence-electron chi connectivity index (χ2n) is 6.88. The Kier molecular flexibility index (Phi) is 4.48. The molecule has 0 N–H and O–H groups in total. The number of likely N-dealkylation sites (tertiary alicyclic amines) is 1. The molecule has 1 saturated heterocycles. The van der Waals surface area contributed by atoms with Gasteiger partial charge in [-0.2, -0.15) is 5.10 Å². The summed E-state index contributed by atoms with van der Waals surface area (Å²) in [6, 6.07) is 3.21. The molecule has 4 heterocycles. The molecule has 0 aromatic carbocycles. The average Bonchev–Trinajstić information content (AvgIpc) is 3.31. The highest BCUT2D eigenvalue weighted by Crippen LogP contribution is 2.25. The number of pyridine rings is 1. The number of hydrogen-bond donors (Lipinski definition) is 0. The smallest absolute Gasteiger partial charge is 0.346 e. The quantitative estimate of drug-likeness (QED) is 0.815. The first kappa shape index (κ1) is 16.8. The summed E-state index contributed by atoms with van der Waals surface area (Å²) >= 11 is 0. The van der Waals surface area contributed by atoms with Crippen LogP contribution in [0.2, 0.25) is 0 Å². The number of rotatable bonds is 4. The van der Waals surface area contributed by atoms with Crippen molar-refractivity contribution in [3.05, 3.63) is 40.2 Å². The number of amides is 1. The highest BCUT2D eigenvalue weighted by molar-refractivity contribution is 5.80. The van der Waals surface area contributed by atoms with Gasteiger partial charge in [0.15, 0.2) is 0 Å². The van der Waals surface area contributed by atoms with Crippen molar-refractivity contribution in [3.63, 3.8) is 0 Å². The van der Waals surface area contributed by atoms with E-state index in [0.29, 0.717) is 24.7 Å². The van der Waals surface area contributed by atoms with Gasteiger partial charge in [0.25, 0.3) is 0 Å². The molecule has 26 heavy (non-hydrogen) atoms. The van der Waals surface area contributed by atoms with Crippen LogP contribution in [0.25, 0.3) is 0 Å². The molecule has 8 nitrogen and oxygen atoms in total. The minimum absolute atomic E-state index is 0.0659. The second-order valence-corrected chi connectivity index (χ2v) is 6.88. The molecule has 0 radical (unpaired) electrons. The first-order valence-corrected chi connectivity index (χ1v) is 9.13. The van der Waals surface area contributed by atoms with Crippen molar-refractivity contribution in [2.24, 2.45) is 0 Å². The molecule has 2 aliphatic heterocycles. The van der Waals surface area contributed by atoms with Gasteiger partial charge in [-0.3, -0.25) is 9.36 Å². The van der Waals surface area contributed by atoms with Gasteiger partial charge in [-0.15, -0.1) is 0 Å². The number of fused-ring (bicyclic) bond motifs is 1. The van der Waals surface area contributed by atoms with Crippen LogP contribution in [0.5, 0.6) is 5.88 Å². The Balaban J connectivity index is 1.61. The first-order valence-electron chi connectivity index (χ1n) is 9.13. The third kappa shape index (κ3) is 3.00. The molecule has 0 spiro atoms. The molecule has 4 rings (SSSR count). The fourth-order valence-corrected chi connectivity index (χ4v) is 3.81. The Morgan fingerprint density at radius 2 is 2.08 bits per heavy atom. The Morgan fingerprint density at radius 3 is 2.77 bits per heavy atom. The Hall–Kier alpha value is -2.64.